The van der Waals surface area contributed by atoms with Crippen LogP contribution >= 0.6 is 21.6 Å². The molecule has 14 nitrogen and oxygen atoms in total. The first-order valence-corrected chi connectivity index (χ1v) is 8.79. The number of hydrogen-bond donors (Lipinski definition) is 6. The monoisotopic (exact) mass is 423 g/mol. The molecule has 0 bridgehead atoms. The molecule has 0 saturated heterocycles. The van der Waals surface area contributed by atoms with E-state index in [9.17, 15) is 9.59 Å². The summed E-state index contributed by atoms with van der Waals surface area (Å²) in [5, 5.41) is 31.6. The largest absolute Gasteiger partial charge is 1.00 e. The Bertz CT molecular complexity index is 442. The second kappa shape index (κ2) is 17.5. The van der Waals surface area contributed by atoms with E-state index in [1.807, 2.05) is 0 Å². The maximum atomic E-state index is 10.3. The smallest absolute Gasteiger partial charge is 0.480 e. The van der Waals surface area contributed by atoms with Gasteiger partial charge >= 0.3 is 51.9 Å². The third-order valence-corrected chi connectivity index (χ3v) is 3.69. The molecule has 0 heterocycles. The first-order valence-electron chi connectivity index (χ1n) is 4.91. The normalized spacial score (nSPS) is 12.0. The number of carboxylic acid groups (broad SMARTS) is 2. The van der Waals surface area contributed by atoms with Gasteiger partial charge in [0.1, 0.15) is 12.1 Å². The molecule has 0 spiro atoms. The van der Waals surface area contributed by atoms with Gasteiger partial charge in [-0.1, -0.05) is 21.6 Å². The molecular weight excluding hydrogens is 409 g/mol. The van der Waals surface area contributed by atoms with Crippen molar-refractivity contribution in [3.05, 3.63) is 15.3 Å². The van der Waals surface area contributed by atoms with Crippen LogP contribution in [0.4, 0.5) is 0 Å². The molecule has 0 aromatic rings. The average Bonchev–Trinajstić information content (AvgIpc) is 2.30. The number of rotatable bonds is 7. The number of nitrogens with zero attached hydrogens (tertiary/aromatic N) is 1. The molecule has 0 aromatic carbocycles. The van der Waals surface area contributed by atoms with Crippen LogP contribution in [0.3, 0.4) is 0 Å². The predicted molar refractivity (Wildman–Crippen MR) is 80.7 cm³/mol. The van der Waals surface area contributed by atoms with Crippen molar-refractivity contribution in [2.75, 3.05) is 11.5 Å². The zero-order valence-corrected chi connectivity index (χ0v) is 16.5. The fourth-order valence-corrected chi connectivity index (χ4v) is 2.61. The molecule has 0 aromatic heterocycles. The standard InChI is InChI=1S/C6H12N2O4S2.NO3.Na.H2O4S/c7-3(5(9)10)1-13-14-2-4(8)6(11)12;2-1(3)4;;1-5(2,3)4/h3-4H,1-2,7-8H2,(H,9,10)(H,11,12);;;(H2,1,2,3,4)/q;-1;+1;/t3-,4-;;;/m0.../s1. The summed E-state index contributed by atoms with van der Waals surface area (Å²) in [5.74, 6) is -1.68. The van der Waals surface area contributed by atoms with Crippen molar-refractivity contribution in [3.8, 4) is 0 Å². The summed E-state index contributed by atoms with van der Waals surface area (Å²) in [5.41, 5.74) is 10.4. The molecule has 0 unspecified atom stereocenters. The van der Waals surface area contributed by atoms with Crippen LogP contribution in [0.25, 0.3) is 0 Å². The minimum Gasteiger partial charge on any atom is -0.480 e. The molecule has 0 aliphatic rings. The molecule has 0 saturated carbocycles. The quantitative estimate of drug-likeness (QED) is 0.0560. The maximum Gasteiger partial charge on any atom is 1.00 e. The molecular formula is C6H14N3NaO11S3. The Morgan fingerprint density at radius 2 is 1.17 bits per heavy atom. The van der Waals surface area contributed by atoms with Crippen molar-refractivity contribution in [2.45, 2.75) is 12.1 Å². The summed E-state index contributed by atoms with van der Waals surface area (Å²) in [7, 11) is -2.26. The van der Waals surface area contributed by atoms with E-state index < -0.39 is 39.5 Å². The second-order valence-corrected chi connectivity index (χ2v) is 6.58. The third kappa shape index (κ3) is 43.0. The van der Waals surface area contributed by atoms with Crippen LogP contribution in [0.15, 0.2) is 0 Å². The summed E-state index contributed by atoms with van der Waals surface area (Å²) < 4.78 is 31.6. The van der Waals surface area contributed by atoms with Crippen LogP contribution in [0.5, 0.6) is 0 Å². The minimum atomic E-state index is -4.67. The Morgan fingerprint density at radius 3 is 1.29 bits per heavy atom. The van der Waals surface area contributed by atoms with Crippen molar-refractivity contribution in [2.24, 2.45) is 11.5 Å². The van der Waals surface area contributed by atoms with Gasteiger partial charge in [0.05, 0.1) is 5.09 Å². The summed E-state index contributed by atoms with van der Waals surface area (Å²) in [6.07, 6.45) is 0. The van der Waals surface area contributed by atoms with Gasteiger partial charge in [-0.3, -0.25) is 18.7 Å². The van der Waals surface area contributed by atoms with Crippen LogP contribution in [-0.4, -0.2) is 68.4 Å². The van der Waals surface area contributed by atoms with Gasteiger partial charge in [0.25, 0.3) is 0 Å². The van der Waals surface area contributed by atoms with Crippen molar-refractivity contribution < 1.29 is 72.0 Å². The van der Waals surface area contributed by atoms with E-state index in [-0.39, 0.29) is 41.1 Å². The number of aliphatic carboxylic acids is 2. The molecule has 2 atom stereocenters. The van der Waals surface area contributed by atoms with Gasteiger partial charge in [0, 0.05) is 11.5 Å². The van der Waals surface area contributed by atoms with E-state index in [4.69, 9.17) is 54.5 Å². The molecule has 0 radical (unpaired) electrons. The van der Waals surface area contributed by atoms with Crippen LogP contribution in [-0.2, 0) is 20.0 Å². The van der Waals surface area contributed by atoms with E-state index in [0.29, 0.717) is 0 Å². The number of hydrogen-bond acceptors (Lipinski definition) is 11. The molecule has 138 valence electrons. The molecule has 24 heavy (non-hydrogen) atoms. The Hall–Kier alpha value is -0.370. The number of nitrogens with two attached hydrogens (primary N) is 2. The van der Waals surface area contributed by atoms with Gasteiger partial charge in [0.2, 0.25) is 0 Å². The van der Waals surface area contributed by atoms with Gasteiger partial charge in [-0.15, -0.1) is 0 Å². The second-order valence-electron chi connectivity index (χ2n) is 3.13. The molecule has 8 N–H and O–H groups in total. The van der Waals surface area contributed by atoms with Crippen LogP contribution in [0.1, 0.15) is 0 Å². The number of carboxylic acids is 2. The third-order valence-electron chi connectivity index (χ3n) is 1.21. The summed E-state index contributed by atoms with van der Waals surface area (Å²) in [6, 6.07) is -1.85. The Labute approximate surface area is 165 Å². The number of carbonyl (C=O) groups is 2. The molecule has 0 fully saturated rings. The first-order chi connectivity index (χ1) is 10.2. The average molecular weight is 423 g/mol. The molecule has 0 aliphatic carbocycles. The van der Waals surface area contributed by atoms with Gasteiger partial charge in [-0.05, 0) is 0 Å². The van der Waals surface area contributed by atoms with E-state index in [2.05, 4.69) is 0 Å². The Morgan fingerprint density at radius 1 is 1.00 bits per heavy atom. The Kier molecular flexibility index (Phi) is 22.8. The fraction of sp³-hybridized carbons (Fsp3) is 0.667. The van der Waals surface area contributed by atoms with Gasteiger partial charge in [-0.2, -0.15) is 8.42 Å². The summed E-state index contributed by atoms with van der Waals surface area (Å²) in [6.45, 7) is 0. The van der Waals surface area contributed by atoms with Gasteiger partial charge in [0.15, 0.2) is 0 Å². The predicted octanol–water partition coefficient (Wildman–Crippen LogP) is -4.70. The minimum absolute atomic E-state index is 0. The fourth-order valence-electron chi connectivity index (χ4n) is 0.385. The molecule has 0 amide bonds. The van der Waals surface area contributed by atoms with Gasteiger partial charge < -0.3 is 37.0 Å². The van der Waals surface area contributed by atoms with E-state index >= 15 is 0 Å². The van der Waals surface area contributed by atoms with Crippen LogP contribution in [0.2, 0.25) is 0 Å². The van der Waals surface area contributed by atoms with Crippen molar-refractivity contribution in [1.29, 1.82) is 0 Å². The van der Waals surface area contributed by atoms with E-state index in [1.54, 1.807) is 0 Å². The SMILES string of the molecule is N[C@@H](CSSC[C@H](N)C(=O)O)C(=O)O.O=S(=O)(O)O.O=[N+]([O-])[O-].[Na+]. The molecule has 18 heteroatoms. The molecule has 0 rings (SSSR count). The van der Waals surface area contributed by atoms with Crippen LogP contribution in [0, 0.1) is 15.3 Å². The van der Waals surface area contributed by atoms with E-state index in [0.717, 1.165) is 0 Å². The topological polar surface area (TPSA) is 267 Å². The zero-order valence-electron chi connectivity index (χ0n) is 12.0. The maximum absolute atomic E-state index is 10.3. The first kappa shape index (κ1) is 31.4. The van der Waals surface area contributed by atoms with Crippen LogP contribution < -0.4 is 41.0 Å². The zero-order chi connectivity index (χ0) is 19.2. The molecule has 0 aliphatic heterocycles. The van der Waals surface area contributed by atoms with Crippen molar-refractivity contribution in [3.63, 3.8) is 0 Å². The van der Waals surface area contributed by atoms with Crippen molar-refractivity contribution in [1.82, 2.24) is 0 Å². The van der Waals surface area contributed by atoms with Crippen molar-refractivity contribution >= 4 is 43.9 Å². The Balaban J connectivity index is -0.000000166. The summed E-state index contributed by atoms with van der Waals surface area (Å²) >= 11 is 0. The van der Waals surface area contributed by atoms with Gasteiger partial charge in [-0.25, -0.2) is 0 Å². The summed E-state index contributed by atoms with van der Waals surface area (Å²) in [4.78, 5) is 28.8. The van der Waals surface area contributed by atoms with E-state index in [1.165, 1.54) is 21.6 Å².